The summed E-state index contributed by atoms with van der Waals surface area (Å²) in [5.41, 5.74) is 3.09. The van der Waals surface area contributed by atoms with Gasteiger partial charge in [-0.2, -0.15) is 0 Å². The zero-order chi connectivity index (χ0) is 17.4. The summed E-state index contributed by atoms with van der Waals surface area (Å²) in [6, 6.07) is 15.9. The first-order chi connectivity index (χ1) is 12.1. The van der Waals surface area contributed by atoms with Crippen molar-refractivity contribution in [3.63, 3.8) is 0 Å². The van der Waals surface area contributed by atoms with Crippen molar-refractivity contribution in [2.24, 2.45) is 17.0 Å². The van der Waals surface area contributed by atoms with Crippen LogP contribution in [0.15, 0.2) is 58.2 Å². The predicted molar refractivity (Wildman–Crippen MR) is 102 cm³/mol. The van der Waals surface area contributed by atoms with E-state index in [2.05, 4.69) is 33.2 Å². The maximum atomic E-state index is 11.9. The summed E-state index contributed by atoms with van der Waals surface area (Å²) in [4.78, 5) is 17.1. The largest absolute Gasteiger partial charge is 0.338 e. The summed E-state index contributed by atoms with van der Waals surface area (Å²) >= 11 is 9.44. The molecule has 0 spiro atoms. The van der Waals surface area contributed by atoms with E-state index in [0.29, 0.717) is 5.92 Å². The maximum absolute atomic E-state index is 11.9. The first-order valence-corrected chi connectivity index (χ1v) is 9.59. The lowest BCUT2D eigenvalue weighted by Gasteiger charge is -2.07. The third kappa shape index (κ3) is 3.96. The molecule has 2 fully saturated rings. The lowest BCUT2D eigenvalue weighted by atomic mass is 10.0. The minimum atomic E-state index is -0.210. The Kier molecular flexibility index (Phi) is 4.65. The minimum Gasteiger partial charge on any atom is -0.318 e. The van der Waals surface area contributed by atoms with Gasteiger partial charge in [0.15, 0.2) is 0 Å². The second-order valence-corrected chi connectivity index (χ2v) is 8.02. The molecule has 0 heterocycles. The van der Waals surface area contributed by atoms with Gasteiger partial charge in [0.1, 0.15) is 0 Å². The van der Waals surface area contributed by atoms with Gasteiger partial charge in [0, 0.05) is 15.4 Å². The van der Waals surface area contributed by atoms with Gasteiger partial charge in [0.25, 0.3) is 0 Å². The van der Waals surface area contributed by atoms with Crippen molar-refractivity contribution in [3.8, 4) is 0 Å². The number of oxime groups is 1. The summed E-state index contributed by atoms with van der Waals surface area (Å²) in [5, 5.41) is 5.00. The number of halogens is 2. The van der Waals surface area contributed by atoms with Crippen LogP contribution in [0.4, 0.5) is 0 Å². The summed E-state index contributed by atoms with van der Waals surface area (Å²) in [5.74, 6) is 0.480. The second kappa shape index (κ2) is 6.93. The molecule has 2 aliphatic rings. The van der Waals surface area contributed by atoms with E-state index in [0.717, 1.165) is 40.0 Å². The van der Waals surface area contributed by atoms with E-state index < -0.39 is 0 Å². The Balaban J connectivity index is 1.57. The number of hydrogen-bond donors (Lipinski definition) is 0. The minimum absolute atomic E-state index is 0.0428. The second-order valence-electron chi connectivity index (χ2n) is 6.67. The summed E-state index contributed by atoms with van der Waals surface area (Å²) in [7, 11) is 0. The van der Waals surface area contributed by atoms with Gasteiger partial charge in [-0.3, -0.25) is 0 Å². The fraction of sp³-hybridized carbons (Fsp3) is 0.300. The summed E-state index contributed by atoms with van der Waals surface area (Å²) in [6.45, 7) is 0. The highest BCUT2D eigenvalue weighted by Gasteiger charge is 2.43. The highest BCUT2D eigenvalue weighted by atomic mass is 79.9. The Hall–Kier alpha value is -1.65. The van der Waals surface area contributed by atoms with Gasteiger partial charge in [-0.15, -0.1) is 0 Å². The van der Waals surface area contributed by atoms with Crippen LogP contribution in [-0.2, 0) is 9.63 Å². The lowest BCUT2D eigenvalue weighted by molar-refractivity contribution is -0.145. The molecule has 3 nitrogen and oxygen atoms in total. The smallest absolute Gasteiger partial charge is 0.318 e. The molecule has 128 valence electrons. The van der Waals surface area contributed by atoms with Crippen LogP contribution < -0.4 is 0 Å². The fourth-order valence-corrected chi connectivity index (χ4v) is 3.41. The average Bonchev–Trinajstić information content (AvgIpc) is 3.51. The van der Waals surface area contributed by atoms with E-state index in [9.17, 15) is 4.79 Å². The van der Waals surface area contributed by atoms with Crippen LogP contribution >= 0.6 is 27.5 Å². The zero-order valence-corrected chi connectivity index (χ0v) is 15.8. The summed E-state index contributed by atoms with van der Waals surface area (Å²) in [6.07, 6.45) is 2.83. The molecular formula is C20H17BrClNO2. The Labute approximate surface area is 160 Å². The van der Waals surface area contributed by atoms with E-state index >= 15 is 0 Å². The van der Waals surface area contributed by atoms with Crippen LogP contribution in [0.5, 0.6) is 0 Å². The normalized spacial score (nSPS) is 22.6. The van der Waals surface area contributed by atoms with E-state index in [1.165, 1.54) is 5.56 Å². The van der Waals surface area contributed by atoms with Crippen molar-refractivity contribution in [1.82, 2.24) is 0 Å². The van der Waals surface area contributed by atoms with Gasteiger partial charge in [-0.1, -0.05) is 57.0 Å². The quantitative estimate of drug-likeness (QED) is 0.362. The van der Waals surface area contributed by atoms with Crippen LogP contribution in [-0.4, -0.2) is 11.7 Å². The van der Waals surface area contributed by atoms with Gasteiger partial charge in [-0.05, 0) is 60.6 Å². The average molecular weight is 419 g/mol. The first kappa shape index (κ1) is 16.8. The lowest BCUT2D eigenvalue weighted by Crippen LogP contribution is -2.10. The molecule has 25 heavy (non-hydrogen) atoms. The Bertz CT molecular complexity index is 813. The standard InChI is InChI=1S/C20H17BrClNO2/c21-15-7-3-13(4-8-15)19(23-25-20(24)14-1-2-14)18-11-17(18)12-5-9-16(22)10-6-12/h3-10,14,17-18H,1-2,11H2. The molecule has 0 aromatic heterocycles. The van der Waals surface area contributed by atoms with Crippen LogP contribution in [0.3, 0.4) is 0 Å². The third-order valence-electron chi connectivity index (χ3n) is 4.72. The Morgan fingerprint density at radius 3 is 2.40 bits per heavy atom. The molecular weight excluding hydrogens is 402 g/mol. The SMILES string of the molecule is O=C(ON=C(c1ccc(Br)cc1)C1CC1c1ccc(Cl)cc1)C1CC1. The molecule has 2 saturated carbocycles. The highest BCUT2D eigenvalue weighted by molar-refractivity contribution is 9.10. The van der Waals surface area contributed by atoms with Crippen LogP contribution in [0, 0.1) is 11.8 Å². The number of carbonyl (C=O) groups excluding carboxylic acids is 1. The van der Waals surface area contributed by atoms with Crippen molar-refractivity contribution < 1.29 is 9.63 Å². The molecule has 4 rings (SSSR count). The zero-order valence-electron chi connectivity index (χ0n) is 13.5. The van der Waals surface area contributed by atoms with Crippen molar-refractivity contribution in [1.29, 1.82) is 0 Å². The topological polar surface area (TPSA) is 38.7 Å². The molecule has 0 bridgehead atoms. The molecule has 5 heteroatoms. The van der Waals surface area contributed by atoms with E-state index in [1.807, 2.05) is 36.4 Å². The molecule has 0 radical (unpaired) electrons. The fourth-order valence-electron chi connectivity index (χ4n) is 3.02. The van der Waals surface area contributed by atoms with Crippen LogP contribution in [0.25, 0.3) is 0 Å². The molecule has 2 unspecified atom stereocenters. The molecule has 2 aromatic rings. The Morgan fingerprint density at radius 2 is 1.76 bits per heavy atom. The number of rotatable bonds is 5. The van der Waals surface area contributed by atoms with Crippen molar-refractivity contribution in [2.45, 2.75) is 25.2 Å². The van der Waals surface area contributed by atoms with Crippen molar-refractivity contribution in [3.05, 3.63) is 69.2 Å². The first-order valence-electron chi connectivity index (χ1n) is 8.42. The van der Waals surface area contributed by atoms with Crippen molar-refractivity contribution >= 4 is 39.2 Å². The van der Waals surface area contributed by atoms with E-state index in [1.54, 1.807) is 0 Å². The van der Waals surface area contributed by atoms with E-state index in [-0.39, 0.29) is 17.8 Å². The molecule has 2 aromatic carbocycles. The summed E-state index contributed by atoms with van der Waals surface area (Å²) < 4.78 is 1.01. The predicted octanol–water partition coefficient (Wildman–Crippen LogP) is 5.56. The third-order valence-corrected chi connectivity index (χ3v) is 5.51. The number of carbonyl (C=O) groups is 1. The molecule has 0 amide bonds. The molecule has 0 saturated heterocycles. The van der Waals surface area contributed by atoms with E-state index in [4.69, 9.17) is 16.4 Å². The van der Waals surface area contributed by atoms with Crippen LogP contribution in [0.1, 0.15) is 36.3 Å². The monoisotopic (exact) mass is 417 g/mol. The van der Waals surface area contributed by atoms with Crippen molar-refractivity contribution in [2.75, 3.05) is 0 Å². The van der Waals surface area contributed by atoms with Gasteiger partial charge in [0.05, 0.1) is 11.6 Å². The number of nitrogens with zero attached hydrogens (tertiary/aromatic N) is 1. The Morgan fingerprint density at radius 1 is 1.08 bits per heavy atom. The van der Waals surface area contributed by atoms with Gasteiger partial charge in [-0.25, -0.2) is 4.79 Å². The molecule has 2 aliphatic carbocycles. The van der Waals surface area contributed by atoms with Gasteiger partial charge < -0.3 is 4.84 Å². The molecule has 0 N–H and O–H groups in total. The number of hydrogen-bond acceptors (Lipinski definition) is 3. The molecule has 0 aliphatic heterocycles. The maximum Gasteiger partial charge on any atom is 0.338 e. The highest BCUT2D eigenvalue weighted by Crippen LogP contribution is 2.49. The molecule has 2 atom stereocenters. The van der Waals surface area contributed by atoms with Gasteiger partial charge in [0.2, 0.25) is 0 Å². The van der Waals surface area contributed by atoms with Gasteiger partial charge >= 0.3 is 5.97 Å². The van der Waals surface area contributed by atoms with Crippen LogP contribution in [0.2, 0.25) is 5.02 Å². The number of benzene rings is 2.